The zero-order valence-electron chi connectivity index (χ0n) is 13.2. The van der Waals surface area contributed by atoms with Crippen LogP contribution in [-0.2, 0) is 6.42 Å². The second-order valence-electron chi connectivity index (χ2n) is 5.23. The Labute approximate surface area is 135 Å². The molecular weight excluding hydrogens is 290 g/mol. The first-order valence-corrected chi connectivity index (χ1v) is 7.97. The van der Waals surface area contributed by atoms with Crippen LogP contribution in [0.3, 0.4) is 0 Å². The predicted molar refractivity (Wildman–Crippen MR) is 90.6 cm³/mol. The summed E-state index contributed by atoms with van der Waals surface area (Å²) >= 11 is 0. The van der Waals surface area contributed by atoms with Gasteiger partial charge in [0, 0.05) is 25.7 Å². The highest BCUT2D eigenvalue weighted by Gasteiger charge is 2.05. The Kier molecular flexibility index (Phi) is 4.98. The van der Waals surface area contributed by atoms with Crippen LogP contribution < -0.4 is 10.6 Å². The van der Waals surface area contributed by atoms with Gasteiger partial charge in [0.2, 0.25) is 0 Å². The van der Waals surface area contributed by atoms with Crippen molar-refractivity contribution in [3.8, 4) is 0 Å². The summed E-state index contributed by atoms with van der Waals surface area (Å²) in [6.45, 7) is 3.84. The number of nitrogens with zero attached hydrogens (tertiary/aromatic N) is 5. The molecule has 0 aliphatic rings. The molecule has 0 unspecified atom stereocenters. The third-order valence-electron chi connectivity index (χ3n) is 3.52. The molecule has 3 aromatic heterocycles. The molecule has 120 valence electrons. The lowest BCUT2D eigenvalue weighted by Gasteiger charge is -2.07. The van der Waals surface area contributed by atoms with E-state index in [1.54, 1.807) is 10.7 Å². The quantitative estimate of drug-likeness (QED) is 0.622. The van der Waals surface area contributed by atoms with Crippen molar-refractivity contribution in [3.05, 3.63) is 42.4 Å². The number of rotatable bonds is 8. The maximum Gasteiger partial charge on any atom is 0.178 e. The van der Waals surface area contributed by atoms with Crippen LogP contribution >= 0.6 is 0 Å². The lowest BCUT2D eigenvalue weighted by Crippen LogP contribution is -2.09. The van der Waals surface area contributed by atoms with Crippen LogP contribution in [0.5, 0.6) is 0 Å². The number of aromatic nitrogens is 5. The number of anilines is 2. The Morgan fingerprint density at radius 1 is 0.957 bits per heavy atom. The zero-order valence-corrected chi connectivity index (χ0v) is 13.2. The van der Waals surface area contributed by atoms with Crippen molar-refractivity contribution >= 4 is 17.3 Å². The fourth-order valence-corrected chi connectivity index (χ4v) is 2.30. The van der Waals surface area contributed by atoms with Gasteiger partial charge in [-0.25, -0.2) is 4.98 Å². The van der Waals surface area contributed by atoms with E-state index in [4.69, 9.17) is 0 Å². The zero-order chi connectivity index (χ0) is 15.9. The molecule has 2 N–H and O–H groups in total. The van der Waals surface area contributed by atoms with Gasteiger partial charge in [-0.1, -0.05) is 13.0 Å². The topological polar surface area (TPSA) is 80.0 Å². The number of fused-ring (bicyclic) bond motifs is 1. The van der Waals surface area contributed by atoms with Crippen LogP contribution in [0.25, 0.3) is 5.65 Å². The Balaban J connectivity index is 1.42. The molecule has 7 nitrogen and oxygen atoms in total. The fraction of sp³-hybridized carbons (Fsp3) is 0.375. The number of aryl methyl sites for hydroxylation is 1. The molecule has 0 saturated carbocycles. The van der Waals surface area contributed by atoms with Gasteiger partial charge >= 0.3 is 0 Å². The van der Waals surface area contributed by atoms with Gasteiger partial charge in [0.05, 0.1) is 0 Å². The molecule has 0 fully saturated rings. The van der Waals surface area contributed by atoms with Gasteiger partial charge < -0.3 is 10.6 Å². The molecule has 0 atom stereocenters. The number of nitrogens with one attached hydrogen (secondary N) is 2. The molecule has 0 saturated heterocycles. The van der Waals surface area contributed by atoms with E-state index in [1.807, 2.05) is 37.3 Å². The van der Waals surface area contributed by atoms with Crippen LogP contribution in [0, 0.1) is 0 Å². The second kappa shape index (κ2) is 7.53. The number of hydrogen-bond donors (Lipinski definition) is 2. The Morgan fingerprint density at radius 3 is 2.52 bits per heavy atom. The molecule has 0 radical (unpaired) electrons. The molecular formula is C16H21N7. The van der Waals surface area contributed by atoms with Crippen LogP contribution in [0.15, 0.2) is 36.5 Å². The molecule has 7 heteroatoms. The van der Waals surface area contributed by atoms with E-state index in [0.29, 0.717) is 0 Å². The second-order valence-corrected chi connectivity index (χ2v) is 5.23. The summed E-state index contributed by atoms with van der Waals surface area (Å²) in [4.78, 5) is 4.23. The Hall–Kier alpha value is -2.70. The first kappa shape index (κ1) is 15.2. The van der Waals surface area contributed by atoms with E-state index >= 15 is 0 Å². The first-order valence-electron chi connectivity index (χ1n) is 7.97. The maximum absolute atomic E-state index is 4.53. The minimum absolute atomic E-state index is 0.784. The third kappa shape index (κ3) is 3.94. The molecule has 3 rings (SSSR count). The highest BCUT2D eigenvalue weighted by molar-refractivity contribution is 5.43. The smallest absolute Gasteiger partial charge is 0.178 e. The molecule has 23 heavy (non-hydrogen) atoms. The normalized spacial score (nSPS) is 10.8. The van der Waals surface area contributed by atoms with E-state index in [-0.39, 0.29) is 0 Å². The highest BCUT2D eigenvalue weighted by Crippen LogP contribution is 2.08. The molecule has 0 spiro atoms. The van der Waals surface area contributed by atoms with Crippen molar-refractivity contribution in [1.82, 2.24) is 24.8 Å². The van der Waals surface area contributed by atoms with E-state index in [2.05, 4.69) is 30.9 Å². The average molecular weight is 311 g/mol. The predicted octanol–water partition coefficient (Wildman–Crippen LogP) is 2.39. The highest BCUT2D eigenvalue weighted by atomic mass is 15.4. The van der Waals surface area contributed by atoms with Crippen molar-refractivity contribution < 1.29 is 0 Å². The van der Waals surface area contributed by atoms with Crippen molar-refractivity contribution in [2.75, 3.05) is 23.7 Å². The molecule has 3 heterocycles. The number of pyridine rings is 1. The molecule has 0 aromatic carbocycles. The van der Waals surface area contributed by atoms with Crippen LogP contribution in [-0.4, -0.2) is 37.9 Å². The van der Waals surface area contributed by atoms with Gasteiger partial charge in [-0.15, -0.1) is 15.3 Å². The fourth-order valence-electron chi connectivity index (χ4n) is 2.30. The van der Waals surface area contributed by atoms with Crippen LogP contribution in [0.2, 0.25) is 0 Å². The van der Waals surface area contributed by atoms with Gasteiger partial charge in [0.1, 0.15) is 11.6 Å². The maximum atomic E-state index is 4.53. The summed E-state index contributed by atoms with van der Waals surface area (Å²) in [6.07, 6.45) is 4.74. The van der Waals surface area contributed by atoms with Gasteiger partial charge in [0.15, 0.2) is 11.5 Å². The molecule has 3 aromatic rings. The first-order chi connectivity index (χ1) is 11.4. The lowest BCUT2D eigenvalue weighted by atomic mass is 10.3. The van der Waals surface area contributed by atoms with Gasteiger partial charge in [-0.2, -0.15) is 4.52 Å². The molecule has 0 bridgehead atoms. The van der Waals surface area contributed by atoms with Crippen molar-refractivity contribution in [2.24, 2.45) is 0 Å². The van der Waals surface area contributed by atoms with Gasteiger partial charge in [0.25, 0.3) is 0 Å². The summed E-state index contributed by atoms with van der Waals surface area (Å²) in [7, 11) is 0. The molecule has 0 aliphatic carbocycles. The van der Waals surface area contributed by atoms with E-state index in [1.165, 1.54) is 0 Å². The summed E-state index contributed by atoms with van der Waals surface area (Å²) in [5, 5.41) is 19.4. The van der Waals surface area contributed by atoms with E-state index < -0.39 is 0 Å². The van der Waals surface area contributed by atoms with Gasteiger partial charge in [-0.05, 0) is 37.1 Å². The van der Waals surface area contributed by atoms with E-state index in [9.17, 15) is 0 Å². The SMILES string of the molecule is CCc1nnc2ccc(NCCCCNc3ccccn3)nn12. The van der Waals surface area contributed by atoms with Crippen LogP contribution in [0.4, 0.5) is 11.6 Å². The summed E-state index contributed by atoms with van der Waals surface area (Å²) < 4.78 is 1.80. The van der Waals surface area contributed by atoms with E-state index in [0.717, 1.165) is 55.5 Å². The molecule has 0 amide bonds. The summed E-state index contributed by atoms with van der Waals surface area (Å²) in [5.74, 6) is 2.65. The van der Waals surface area contributed by atoms with Crippen molar-refractivity contribution in [2.45, 2.75) is 26.2 Å². The number of unbranched alkanes of at least 4 members (excludes halogenated alkanes) is 1. The largest absolute Gasteiger partial charge is 0.370 e. The Bertz CT molecular complexity index is 739. The third-order valence-corrected chi connectivity index (χ3v) is 3.52. The standard InChI is InChI=1S/C16H21N7/c1-2-15-20-21-16-9-8-14(22-23(15)16)19-12-6-5-11-18-13-7-3-4-10-17-13/h3-4,7-10H,2,5-6,11-12H2,1H3,(H,17,18)(H,19,22). The lowest BCUT2D eigenvalue weighted by molar-refractivity contribution is 0.780. The summed E-state index contributed by atoms with van der Waals surface area (Å²) in [5.41, 5.74) is 0.784. The monoisotopic (exact) mass is 311 g/mol. The van der Waals surface area contributed by atoms with Crippen molar-refractivity contribution in [1.29, 1.82) is 0 Å². The average Bonchev–Trinajstić information content (AvgIpc) is 3.01. The summed E-state index contributed by atoms with van der Waals surface area (Å²) in [6, 6.07) is 9.74. The van der Waals surface area contributed by atoms with Gasteiger partial charge in [-0.3, -0.25) is 0 Å². The minimum Gasteiger partial charge on any atom is -0.370 e. The van der Waals surface area contributed by atoms with Crippen LogP contribution in [0.1, 0.15) is 25.6 Å². The van der Waals surface area contributed by atoms with Crippen molar-refractivity contribution in [3.63, 3.8) is 0 Å². The Morgan fingerprint density at radius 2 is 1.78 bits per heavy atom. The minimum atomic E-state index is 0.784. The molecule has 0 aliphatic heterocycles. The number of hydrogen-bond acceptors (Lipinski definition) is 6.